The minimum absolute atomic E-state index is 0.139. The Hall–Kier alpha value is -0.380. The van der Waals surface area contributed by atoms with Crippen molar-refractivity contribution < 1.29 is 14.2 Å². The first-order valence-electron chi connectivity index (χ1n) is 5.33. The minimum Gasteiger partial charge on any atom is -0.342 e. The van der Waals surface area contributed by atoms with Crippen LogP contribution >= 0.6 is 0 Å². The molecule has 3 heteroatoms. The monoisotopic (exact) mass is 196 g/mol. The molecule has 0 amide bonds. The molecule has 0 aromatic carbocycles. The maximum atomic E-state index is 5.86. The number of hydrogen-bond acceptors (Lipinski definition) is 3. The fourth-order valence-corrected chi connectivity index (χ4v) is 2.63. The lowest BCUT2D eigenvalue weighted by molar-refractivity contribution is -0.205. The molecule has 0 saturated carbocycles. The van der Waals surface area contributed by atoms with E-state index in [0.29, 0.717) is 5.92 Å². The topological polar surface area (TPSA) is 27.7 Å². The highest BCUT2D eigenvalue weighted by Crippen LogP contribution is 2.44. The van der Waals surface area contributed by atoms with Crippen molar-refractivity contribution in [3.8, 4) is 0 Å². The van der Waals surface area contributed by atoms with E-state index in [1.165, 1.54) is 0 Å². The van der Waals surface area contributed by atoms with Crippen molar-refractivity contribution >= 4 is 0 Å². The van der Waals surface area contributed by atoms with Crippen LogP contribution in [-0.4, -0.2) is 24.3 Å². The lowest BCUT2D eigenvalue weighted by Crippen LogP contribution is -2.30. The maximum Gasteiger partial charge on any atom is 0.188 e. The molecule has 4 atom stereocenters. The molecule has 3 nitrogen and oxygen atoms in total. The Bertz CT molecular complexity index is 272. The summed E-state index contributed by atoms with van der Waals surface area (Å²) in [4.78, 5) is 0. The number of fused-ring (bicyclic) bond motifs is 3. The molecule has 78 valence electrons. The van der Waals surface area contributed by atoms with Gasteiger partial charge in [0.2, 0.25) is 0 Å². The van der Waals surface area contributed by atoms with E-state index in [0.717, 1.165) is 12.8 Å². The smallest absolute Gasteiger partial charge is 0.188 e. The van der Waals surface area contributed by atoms with Gasteiger partial charge in [0.25, 0.3) is 0 Å². The number of allylic oxidation sites excluding steroid dienone is 1. The van der Waals surface area contributed by atoms with E-state index in [1.54, 1.807) is 0 Å². The number of hydrogen-bond donors (Lipinski definition) is 0. The van der Waals surface area contributed by atoms with Gasteiger partial charge in [0.15, 0.2) is 12.1 Å². The van der Waals surface area contributed by atoms with Crippen LogP contribution < -0.4 is 0 Å². The van der Waals surface area contributed by atoms with E-state index in [-0.39, 0.29) is 18.5 Å². The molecule has 1 aliphatic carbocycles. The molecule has 0 aromatic heterocycles. The normalized spacial score (nSPS) is 49.0. The van der Waals surface area contributed by atoms with Gasteiger partial charge in [0.05, 0.1) is 6.10 Å². The van der Waals surface area contributed by atoms with Crippen LogP contribution in [0.1, 0.15) is 26.7 Å². The second kappa shape index (κ2) is 2.81. The average Bonchev–Trinajstić information content (AvgIpc) is 2.56. The third-order valence-electron chi connectivity index (χ3n) is 3.22. The van der Waals surface area contributed by atoms with Gasteiger partial charge in [-0.3, -0.25) is 0 Å². The van der Waals surface area contributed by atoms with E-state index < -0.39 is 5.79 Å². The predicted molar refractivity (Wildman–Crippen MR) is 50.6 cm³/mol. The standard InChI is InChI=1S/C11H16O3/c1-11(2)13-9-7-5-3-4-6-8(7)12-10(9)14-11/h4,6-10H,3,5H2,1-2H3/t7-,8-,9-,10-/m1/s1. The van der Waals surface area contributed by atoms with Crippen LogP contribution in [0.5, 0.6) is 0 Å². The van der Waals surface area contributed by atoms with E-state index in [9.17, 15) is 0 Å². The molecule has 2 aliphatic heterocycles. The first-order valence-corrected chi connectivity index (χ1v) is 5.33. The van der Waals surface area contributed by atoms with E-state index in [2.05, 4.69) is 12.2 Å². The highest BCUT2D eigenvalue weighted by Gasteiger charge is 2.53. The van der Waals surface area contributed by atoms with Crippen LogP contribution in [0.3, 0.4) is 0 Å². The minimum atomic E-state index is -0.471. The molecule has 0 spiro atoms. The molecule has 2 fully saturated rings. The summed E-state index contributed by atoms with van der Waals surface area (Å²) in [5.41, 5.74) is 0. The summed E-state index contributed by atoms with van der Waals surface area (Å²) in [5, 5.41) is 0. The summed E-state index contributed by atoms with van der Waals surface area (Å²) < 4.78 is 17.3. The lowest BCUT2D eigenvalue weighted by Gasteiger charge is -2.25. The third-order valence-corrected chi connectivity index (χ3v) is 3.22. The van der Waals surface area contributed by atoms with Crippen LogP contribution in [0, 0.1) is 5.92 Å². The molecule has 2 heterocycles. The quantitative estimate of drug-likeness (QED) is 0.553. The zero-order chi connectivity index (χ0) is 9.76. The van der Waals surface area contributed by atoms with Crippen molar-refractivity contribution in [3.63, 3.8) is 0 Å². The highest BCUT2D eigenvalue weighted by atomic mass is 16.8. The van der Waals surface area contributed by atoms with Gasteiger partial charge in [0, 0.05) is 5.92 Å². The predicted octanol–water partition coefficient (Wildman–Crippen LogP) is 1.83. The van der Waals surface area contributed by atoms with Gasteiger partial charge in [-0.2, -0.15) is 0 Å². The molecular formula is C11H16O3. The lowest BCUT2D eigenvalue weighted by atomic mass is 9.89. The van der Waals surface area contributed by atoms with Gasteiger partial charge in [-0.1, -0.05) is 12.2 Å². The first-order chi connectivity index (χ1) is 6.66. The Morgan fingerprint density at radius 2 is 2.14 bits per heavy atom. The molecule has 0 radical (unpaired) electrons. The SMILES string of the molecule is CC1(C)O[C@H]2O[C@@H]3C=CCC[C@H]3[C@H]2O1. The summed E-state index contributed by atoms with van der Waals surface area (Å²) in [6.07, 6.45) is 6.83. The summed E-state index contributed by atoms with van der Waals surface area (Å²) >= 11 is 0. The Kier molecular flexibility index (Phi) is 1.79. The zero-order valence-electron chi connectivity index (χ0n) is 8.60. The van der Waals surface area contributed by atoms with Gasteiger partial charge in [0.1, 0.15) is 6.10 Å². The molecule has 3 rings (SSSR count). The van der Waals surface area contributed by atoms with Gasteiger partial charge >= 0.3 is 0 Å². The molecule has 0 aromatic rings. The van der Waals surface area contributed by atoms with Crippen LogP contribution in [0.2, 0.25) is 0 Å². The van der Waals surface area contributed by atoms with Crippen molar-refractivity contribution in [1.29, 1.82) is 0 Å². The fraction of sp³-hybridized carbons (Fsp3) is 0.818. The van der Waals surface area contributed by atoms with Crippen molar-refractivity contribution in [1.82, 2.24) is 0 Å². The second-order valence-electron chi connectivity index (χ2n) is 4.74. The second-order valence-corrected chi connectivity index (χ2v) is 4.74. The van der Waals surface area contributed by atoms with Crippen LogP contribution in [0.25, 0.3) is 0 Å². The Morgan fingerprint density at radius 1 is 1.29 bits per heavy atom. The molecule has 0 bridgehead atoms. The largest absolute Gasteiger partial charge is 0.342 e. The number of rotatable bonds is 0. The number of ether oxygens (including phenoxy) is 3. The summed E-state index contributed by atoms with van der Waals surface area (Å²) in [6.45, 7) is 3.89. The van der Waals surface area contributed by atoms with Crippen LogP contribution in [0.15, 0.2) is 12.2 Å². The van der Waals surface area contributed by atoms with Crippen LogP contribution in [-0.2, 0) is 14.2 Å². The maximum absolute atomic E-state index is 5.86. The van der Waals surface area contributed by atoms with Crippen molar-refractivity contribution in [2.24, 2.45) is 5.92 Å². The Labute approximate surface area is 84.0 Å². The van der Waals surface area contributed by atoms with Crippen molar-refractivity contribution in [2.75, 3.05) is 0 Å². The summed E-state index contributed by atoms with van der Waals surface area (Å²) in [5.74, 6) is 0.0216. The molecule has 14 heavy (non-hydrogen) atoms. The molecule has 3 aliphatic rings. The Balaban J connectivity index is 1.82. The van der Waals surface area contributed by atoms with E-state index in [4.69, 9.17) is 14.2 Å². The molecular weight excluding hydrogens is 180 g/mol. The average molecular weight is 196 g/mol. The molecule has 0 unspecified atom stereocenters. The third kappa shape index (κ3) is 1.23. The fourth-order valence-electron chi connectivity index (χ4n) is 2.63. The van der Waals surface area contributed by atoms with Crippen molar-refractivity contribution in [3.05, 3.63) is 12.2 Å². The molecule has 0 N–H and O–H groups in total. The zero-order valence-corrected chi connectivity index (χ0v) is 8.60. The van der Waals surface area contributed by atoms with Gasteiger partial charge in [-0.15, -0.1) is 0 Å². The van der Waals surface area contributed by atoms with Gasteiger partial charge in [-0.05, 0) is 26.7 Å². The van der Waals surface area contributed by atoms with Gasteiger partial charge in [-0.25, -0.2) is 0 Å². The van der Waals surface area contributed by atoms with E-state index in [1.807, 2.05) is 13.8 Å². The van der Waals surface area contributed by atoms with Crippen LogP contribution in [0.4, 0.5) is 0 Å². The molecule has 2 saturated heterocycles. The summed E-state index contributed by atoms with van der Waals surface area (Å²) in [7, 11) is 0. The van der Waals surface area contributed by atoms with E-state index >= 15 is 0 Å². The Morgan fingerprint density at radius 3 is 3.00 bits per heavy atom. The highest BCUT2D eigenvalue weighted by molar-refractivity contribution is 5.06. The van der Waals surface area contributed by atoms with Gasteiger partial charge < -0.3 is 14.2 Å². The summed E-state index contributed by atoms with van der Waals surface area (Å²) in [6, 6.07) is 0. The van der Waals surface area contributed by atoms with Crippen molar-refractivity contribution in [2.45, 2.75) is 51.0 Å². The first kappa shape index (κ1) is 8.89.